The Morgan fingerprint density at radius 3 is 2.78 bits per heavy atom. The third-order valence-corrected chi connectivity index (χ3v) is 4.61. The first kappa shape index (κ1) is 19.1. The number of halogens is 1. The van der Waals surface area contributed by atoms with Gasteiger partial charge in [0.05, 0.1) is 24.3 Å². The third-order valence-electron chi connectivity index (χ3n) is 3.65. The van der Waals surface area contributed by atoms with Crippen LogP contribution in [0.2, 0.25) is 5.02 Å². The standard InChI is InChI=1S/C19H18ClN3O3S/c1-3-10-26-15-9-8-12(11-16(15)25-2)17-21-19(27-23-17)22-18(24)13-6-4-5-7-14(13)20/h4-9,11H,3,10H2,1-2H3,(H,21,22,23,24). The van der Waals surface area contributed by atoms with Crippen LogP contribution in [0.25, 0.3) is 11.4 Å². The lowest BCUT2D eigenvalue weighted by atomic mass is 10.2. The second-order valence-electron chi connectivity index (χ2n) is 5.57. The maximum absolute atomic E-state index is 12.3. The third kappa shape index (κ3) is 4.56. The zero-order valence-electron chi connectivity index (χ0n) is 14.9. The van der Waals surface area contributed by atoms with E-state index < -0.39 is 0 Å². The van der Waals surface area contributed by atoms with Gasteiger partial charge in [0.1, 0.15) is 0 Å². The Balaban J connectivity index is 1.77. The van der Waals surface area contributed by atoms with Crippen molar-refractivity contribution >= 4 is 34.2 Å². The van der Waals surface area contributed by atoms with Crippen molar-refractivity contribution in [2.75, 3.05) is 19.0 Å². The molecule has 0 spiro atoms. The number of methoxy groups -OCH3 is 1. The number of hydrogen-bond acceptors (Lipinski definition) is 6. The predicted octanol–water partition coefficient (Wildman–Crippen LogP) is 4.91. The topological polar surface area (TPSA) is 73.3 Å². The van der Waals surface area contributed by atoms with Gasteiger partial charge in [-0.3, -0.25) is 10.1 Å². The number of amides is 1. The van der Waals surface area contributed by atoms with Gasteiger partial charge in [-0.1, -0.05) is 30.7 Å². The Labute approximate surface area is 166 Å². The summed E-state index contributed by atoms with van der Waals surface area (Å²) in [7, 11) is 1.58. The molecule has 3 rings (SSSR count). The fourth-order valence-electron chi connectivity index (χ4n) is 2.34. The minimum atomic E-state index is -0.329. The summed E-state index contributed by atoms with van der Waals surface area (Å²) in [6.45, 7) is 2.65. The normalized spacial score (nSPS) is 10.5. The van der Waals surface area contributed by atoms with Gasteiger partial charge < -0.3 is 9.47 Å². The number of benzene rings is 2. The molecule has 1 aromatic heterocycles. The molecule has 140 valence electrons. The quantitative estimate of drug-likeness (QED) is 0.606. The second kappa shape index (κ2) is 8.83. The van der Waals surface area contributed by atoms with Crippen LogP contribution >= 0.6 is 23.1 Å². The van der Waals surface area contributed by atoms with Crippen LogP contribution < -0.4 is 14.8 Å². The van der Waals surface area contributed by atoms with Crippen LogP contribution in [0.4, 0.5) is 5.13 Å². The zero-order chi connectivity index (χ0) is 19.2. The molecule has 0 atom stereocenters. The van der Waals surface area contributed by atoms with Gasteiger partial charge >= 0.3 is 0 Å². The van der Waals surface area contributed by atoms with Crippen LogP contribution in [0.5, 0.6) is 11.5 Å². The van der Waals surface area contributed by atoms with E-state index in [2.05, 4.69) is 14.7 Å². The van der Waals surface area contributed by atoms with Crippen LogP contribution in [-0.2, 0) is 0 Å². The van der Waals surface area contributed by atoms with Gasteiger partial charge in [0.2, 0.25) is 5.13 Å². The molecule has 3 aromatic rings. The number of hydrogen-bond donors (Lipinski definition) is 1. The zero-order valence-corrected chi connectivity index (χ0v) is 16.4. The minimum Gasteiger partial charge on any atom is -0.493 e. The molecular weight excluding hydrogens is 386 g/mol. The predicted molar refractivity (Wildman–Crippen MR) is 107 cm³/mol. The lowest BCUT2D eigenvalue weighted by Gasteiger charge is -2.10. The molecule has 8 heteroatoms. The molecule has 1 amide bonds. The Hall–Kier alpha value is -2.64. The monoisotopic (exact) mass is 403 g/mol. The molecule has 0 saturated carbocycles. The minimum absolute atomic E-state index is 0.329. The summed E-state index contributed by atoms with van der Waals surface area (Å²) < 4.78 is 15.3. The van der Waals surface area contributed by atoms with Crippen molar-refractivity contribution in [3.8, 4) is 22.9 Å². The van der Waals surface area contributed by atoms with E-state index in [-0.39, 0.29) is 5.91 Å². The highest BCUT2D eigenvalue weighted by Crippen LogP contribution is 2.32. The van der Waals surface area contributed by atoms with E-state index in [0.717, 1.165) is 23.5 Å². The summed E-state index contributed by atoms with van der Waals surface area (Å²) in [5.41, 5.74) is 1.15. The number of aromatic nitrogens is 2. The molecule has 0 aliphatic carbocycles. The van der Waals surface area contributed by atoms with Crippen LogP contribution in [-0.4, -0.2) is 29.0 Å². The molecule has 0 radical (unpaired) electrons. The average Bonchev–Trinajstić information content (AvgIpc) is 3.15. The van der Waals surface area contributed by atoms with Crippen molar-refractivity contribution in [1.29, 1.82) is 0 Å². The number of carbonyl (C=O) groups is 1. The van der Waals surface area contributed by atoms with E-state index in [1.165, 1.54) is 0 Å². The number of rotatable bonds is 7. The maximum Gasteiger partial charge on any atom is 0.258 e. The summed E-state index contributed by atoms with van der Waals surface area (Å²) in [6.07, 6.45) is 0.910. The molecule has 0 bridgehead atoms. The summed E-state index contributed by atoms with van der Waals surface area (Å²) in [4.78, 5) is 16.7. The number of carbonyl (C=O) groups excluding carboxylic acids is 1. The number of anilines is 1. The maximum atomic E-state index is 12.3. The lowest BCUT2D eigenvalue weighted by Crippen LogP contribution is -2.12. The molecule has 0 unspecified atom stereocenters. The molecule has 6 nitrogen and oxygen atoms in total. The van der Waals surface area contributed by atoms with E-state index in [1.807, 2.05) is 25.1 Å². The second-order valence-corrected chi connectivity index (χ2v) is 6.73. The molecule has 0 fully saturated rings. The summed E-state index contributed by atoms with van der Waals surface area (Å²) in [5.74, 6) is 1.45. The lowest BCUT2D eigenvalue weighted by molar-refractivity contribution is 0.102. The van der Waals surface area contributed by atoms with Crippen molar-refractivity contribution in [3.63, 3.8) is 0 Å². The fourth-order valence-corrected chi connectivity index (χ4v) is 3.15. The molecule has 1 heterocycles. The Kier molecular flexibility index (Phi) is 6.26. The van der Waals surface area contributed by atoms with Crippen LogP contribution in [0, 0.1) is 0 Å². The molecule has 1 N–H and O–H groups in total. The van der Waals surface area contributed by atoms with E-state index >= 15 is 0 Å². The first-order valence-corrected chi connectivity index (χ1v) is 9.48. The van der Waals surface area contributed by atoms with Crippen LogP contribution in [0.15, 0.2) is 42.5 Å². The summed E-state index contributed by atoms with van der Waals surface area (Å²) >= 11 is 7.15. The Morgan fingerprint density at radius 1 is 1.22 bits per heavy atom. The first-order chi connectivity index (χ1) is 13.1. The smallest absolute Gasteiger partial charge is 0.258 e. The van der Waals surface area contributed by atoms with Crippen molar-refractivity contribution in [2.24, 2.45) is 0 Å². The SMILES string of the molecule is CCCOc1ccc(-c2nsc(NC(=O)c3ccccc3Cl)n2)cc1OC. The molecule has 0 saturated heterocycles. The van der Waals surface area contributed by atoms with Gasteiger partial charge in [-0.25, -0.2) is 0 Å². The highest BCUT2D eigenvalue weighted by molar-refractivity contribution is 7.10. The molecule has 27 heavy (non-hydrogen) atoms. The number of ether oxygens (including phenoxy) is 2. The molecule has 0 aliphatic rings. The van der Waals surface area contributed by atoms with Gasteiger partial charge in [-0.05, 0) is 36.8 Å². The average molecular weight is 404 g/mol. The number of nitrogens with zero attached hydrogens (tertiary/aromatic N) is 2. The highest BCUT2D eigenvalue weighted by atomic mass is 35.5. The Morgan fingerprint density at radius 2 is 2.04 bits per heavy atom. The van der Waals surface area contributed by atoms with Gasteiger partial charge in [0.25, 0.3) is 5.91 Å². The Bertz CT molecular complexity index is 945. The van der Waals surface area contributed by atoms with Crippen molar-refractivity contribution in [1.82, 2.24) is 9.36 Å². The van der Waals surface area contributed by atoms with Crippen molar-refractivity contribution in [2.45, 2.75) is 13.3 Å². The van der Waals surface area contributed by atoms with Crippen LogP contribution in [0.1, 0.15) is 23.7 Å². The van der Waals surface area contributed by atoms with Crippen molar-refractivity contribution in [3.05, 3.63) is 53.1 Å². The van der Waals surface area contributed by atoms with E-state index in [0.29, 0.717) is 39.6 Å². The van der Waals surface area contributed by atoms with E-state index in [4.69, 9.17) is 21.1 Å². The van der Waals surface area contributed by atoms with Gasteiger partial charge in [-0.2, -0.15) is 9.36 Å². The number of nitrogens with one attached hydrogen (secondary N) is 1. The van der Waals surface area contributed by atoms with Crippen LogP contribution in [0.3, 0.4) is 0 Å². The van der Waals surface area contributed by atoms with Gasteiger partial charge in [0, 0.05) is 17.1 Å². The van der Waals surface area contributed by atoms with Gasteiger partial charge in [0.15, 0.2) is 17.3 Å². The molecular formula is C19H18ClN3O3S. The fraction of sp³-hybridized carbons (Fsp3) is 0.211. The summed E-state index contributed by atoms with van der Waals surface area (Å²) in [5, 5.41) is 3.49. The van der Waals surface area contributed by atoms with E-state index in [9.17, 15) is 4.79 Å². The van der Waals surface area contributed by atoms with Gasteiger partial charge in [-0.15, -0.1) is 0 Å². The molecule has 0 aliphatic heterocycles. The largest absolute Gasteiger partial charge is 0.493 e. The van der Waals surface area contributed by atoms with Crippen molar-refractivity contribution < 1.29 is 14.3 Å². The summed E-state index contributed by atoms with van der Waals surface area (Å²) in [6, 6.07) is 12.3. The highest BCUT2D eigenvalue weighted by Gasteiger charge is 2.15. The van der Waals surface area contributed by atoms with E-state index in [1.54, 1.807) is 31.4 Å². The first-order valence-electron chi connectivity index (χ1n) is 8.33. The molecule has 2 aromatic carbocycles.